The topological polar surface area (TPSA) is 12.5 Å². The van der Waals surface area contributed by atoms with Crippen LogP contribution in [0.3, 0.4) is 0 Å². The molecule has 0 atom stereocenters. The molecule has 2 heteroatoms. The van der Waals surface area contributed by atoms with E-state index in [1.165, 1.54) is 63.7 Å². The Kier molecular flexibility index (Phi) is 6.69. The molecule has 0 unspecified atom stereocenters. The van der Waals surface area contributed by atoms with Gasteiger partial charge in [0.1, 0.15) is 0 Å². The average Bonchev–Trinajstić information content (AvgIpc) is 2.43. The van der Waals surface area contributed by atoms with Gasteiger partial charge < -0.3 is 9.64 Å². The van der Waals surface area contributed by atoms with Crippen LogP contribution in [0, 0.1) is 0 Å². The molecule has 15 heavy (non-hydrogen) atoms. The molecule has 1 fully saturated rings. The van der Waals surface area contributed by atoms with E-state index in [0.29, 0.717) is 0 Å². The summed E-state index contributed by atoms with van der Waals surface area (Å²) in [5, 5.41) is 0. The summed E-state index contributed by atoms with van der Waals surface area (Å²) in [5.41, 5.74) is 1.44. The van der Waals surface area contributed by atoms with Gasteiger partial charge in [-0.25, -0.2) is 0 Å². The number of methoxy groups -OCH3 is 1. The van der Waals surface area contributed by atoms with E-state index in [2.05, 4.69) is 11.5 Å². The first kappa shape index (κ1) is 12.7. The van der Waals surface area contributed by atoms with Crippen molar-refractivity contribution in [2.45, 2.75) is 38.5 Å². The summed E-state index contributed by atoms with van der Waals surface area (Å²) in [6.07, 6.45) is 7.56. The highest BCUT2D eigenvalue weighted by Gasteiger charge is 2.09. The Bertz CT molecular complexity index is 179. The summed E-state index contributed by atoms with van der Waals surface area (Å²) in [6.45, 7) is 8.75. The van der Waals surface area contributed by atoms with Gasteiger partial charge >= 0.3 is 0 Å². The van der Waals surface area contributed by atoms with E-state index in [-0.39, 0.29) is 0 Å². The Balaban J connectivity index is 2.02. The number of ether oxygens (including phenoxy) is 1. The minimum Gasteiger partial charge on any atom is -0.385 e. The van der Waals surface area contributed by atoms with Crippen LogP contribution in [-0.2, 0) is 4.74 Å². The molecule has 0 amide bonds. The summed E-state index contributed by atoms with van der Waals surface area (Å²) in [4.78, 5) is 2.59. The van der Waals surface area contributed by atoms with Crippen molar-refractivity contribution in [3.8, 4) is 0 Å². The van der Waals surface area contributed by atoms with Crippen LogP contribution in [0.4, 0.5) is 0 Å². The van der Waals surface area contributed by atoms with Gasteiger partial charge in [-0.15, -0.1) is 0 Å². The lowest BCUT2D eigenvalue weighted by atomic mass is 10.1. The second-order valence-corrected chi connectivity index (χ2v) is 4.50. The van der Waals surface area contributed by atoms with Gasteiger partial charge in [0.2, 0.25) is 0 Å². The lowest BCUT2D eigenvalue weighted by Gasteiger charge is -2.19. The van der Waals surface area contributed by atoms with Gasteiger partial charge in [0.05, 0.1) is 0 Å². The van der Waals surface area contributed by atoms with Crippen molar-refractivity contribution in [2.24, 2.45) is 0 Å². The number of unbranched alkanes of at least 4 members (excludes halogenated alkanes) is 2. The van der Waals surface area contributed by atoms with Crippen molar-refractivity contribution in [1.29, 1.82) is 0 Å². The third-order valence-electron chi connectivity index (χ3n) is 3.11. The molecule has 88 valence electrons. The van der Waals surface area contributed by atoms with E-state index >= 15 is 0 Å². The molecular weight excluding hydrogens is 186 g/mol. The Morgan fingerprint density at radius 3 is 2.87 bits per heavy atom. The van der Waals surface area contributed by atoms with E-state index < -0.39 is 0 Å². The molecule has 2 nitrogen and oxygen atoms in total. The molecule has 0 N–H and O–H groups in total. The minimum absolute atomic E-state index is 0.913. The largest absolute Gasteiger partial charge is 0.385 e. The molecule has 0 aromatic heterocycles. The summed E-state index contributed by atoms with van der Waals surface area (Å²) in [7, 11) is 1.78. The highest BCUT2D eigenvalue weighted by Crippen LogP contribution is 2.14. The minimum atomic E-state index is 0.913. The zero-order valence-corrected chi connectivity index (χ0v) is 10.1. The molecule has 0 bridgehead atoms. The highest BCUT2D eigenvalue weighted by atomic mass is 16.5. The molecule has 1 aliphatic rings. The molecule has 1 saturated heterocycles. The lowest BCUT2D eigenvalue weighted by molar-refractivity contribution is 0.189. The summed E-state index contributed by atoms with van der Waals surface area (Å²) < 4.78 is 5.04. The van der Waals surface area contributed by atoms with Crippen LogP contribution < -0.4 is 0 Å². The summed E-state index contributed by atoms with van der Waals surface area (Å²) in [6, 6.07) is 0. The molecule has 0 radical (unpaired) electrons. The first-order chi connectivity index (χ1) is 7.33. The third-order valence-corrected chi connectivity index (χ3v) is 3.11. The number of likely N-dealkylation sites (tertiary alicyclic amines) is 1. The first-order valence-electron chi connectivity index (χ1n) is 6.21. The molecule has 1 aliphatic heterocycles. The fourth-order valence-electron chi connectivity index (χ4n) is 2.09. The second kappa shape index (κ2) is 7.89. The molecule has 0 aromatic carbocycles. The van der Waals surface area contributed by atoms with Crippen LogP contribution in [0.25, 0.3) is 0 Å². The molecular formula is C13H25NO. The maximum atomic E-state index is 5.04. The van der Waals surface area contributed by atoms with Crippen molar-refractivity contribution in [2.75, 3.05) is 33.4 Å². The van der Waals surface area contributed by atoms with Gasteiger partial charge in [0.15, 0.2) is 0 Å². The molecule has 0 saturated carbocycles. The maximum Gasteiger partial charge on any atom is 0.0462 e. The molecule has 1 heterocycles. The van der Waals surface area contributed by atoms with Crippen LogP contribution in [0.5, 0.6) is 0 Å². The fourth-order valence-corrected chi connectivity index (χ4v) is 2.09. The number of rotatable bonds is 6. The monoisotopic (exact) mass is 211 g/mol. The van der Waals surface area contributed by atoms with Crippen LogP contribution in [0.2, 0.25) is 0 Å². The van der Waals surface area contributed by atoms with E-state index in [9.17, 15) is 0 Å². The van der Waals surface area contributed by atoms with Crippen molar-refractivity contribution >= 4 is 0 Å². The Morgan fingerprint density at radius 1 is 1.20 bits per heavy atom. The molecule has 1 rings (SSSR count). The first-order valence-corrected chi connectivity index (χ1v) is 6.21. The Morgan fingerprint density at radius 2 is 2.07 bits per heavy atom. The number of hydrogen-bond acceptors (Lipinski definition) is 2. The zero-order valence-electron chi connectivity index (χ0n) is 10.1. The Labute approximate surface area is 94.3 Å². The van der Waals surface area contributed by atoms with Crippen LogP contribution in [0.1, 0.15) is 38.5 Å². The quantitative estimate of drug-likeness (QED) is 0.495. The fraction of sp³-hybridized carbons (Fsp3) is 0.846. The van der Waals surface area contributed by atoms with Crippen LogP contribution in [-0.4, -0.2) is 38.3 Å². The van der Waals surface area contributed by atoms with E-state index in [1.54, 1.807) is 7.11 Å². The van der Waals surface area contributed by atoms with Crippen molar-refractivity contribution < 1.29 is 4.74 Å². The molecule has 0 aliphatic carbocycles. The van der Waals surface area contributed by atoms with Crippen molar-refractivity contribution in [3.05, 3.63) is 12.2 Å². The van der Waals surface area contributed by atoms with Gasteiger partial charge in [-0.05, 0) is 51.6 Å². The predicted molar refractivity (Wildman–Crippen MR) is 65.2 cm³/mol. The molecule has 0 spiro atoms. The smallest absolute Gasteiger partial charge is 0.0462 e. The van der Waals surface area contributed by atoms with Gasteiger partial charge in [0.25, 0.3) is 0 Å². The number of nitrogens with zero attached hydrogens (tertiary/aromatic N) is 1. The number of hydrogen-bond donors (Lipinski definition) is 0. The molecule has 0 aromatic rings. The standard InChI is InChI=1S/C13H25NO/c1-13-7-6-10-14(11-8-13)9-4-3-5-12-15-2/h1,3-12H2,2H3. The zero-order chi connectivity index (χ0) is 10.9. The van der Waals surface area contributed by atoms with E-state index in [0.717, 1.165) is 6.61 Å². The average molecular weight is 211 g/mol. The third kappa shape index (κ3) is 5.95. The summed E-state index contributed by atoms with van der Waals surface area (Å²) in [5.74, 6) is 0. The maximum absolute atomic E-state index is 5.04. The SMILES string of the molecule is C=C1CCCN(CCCCCOC)CC1. The Hall–Kier alpha value is -0.340. The van der Waals surface area contributed by atoms with Crippen LogP contribution in [0.15, 0.2) is 12.2 Å². The van der Waals surface area contributed by atoms with Gasteiger partial charge in [0, 0.05) is 20.3 Å². The lowest BCUT2D eigenvalue weighted by Crippen LogP contribution is -2.25. The van der Waals surface area contributed by atoms with Crippen molar-refractivity contribution in [3.63, 3.8) is 0 Å². The van der Waals surface area contributed by atoms with Gasteiger partial charge in [-0.3, -0.25) is 0 Å². The predicted octanol–water partition coefficient (Wildman–Crippen LogP) is 2.85. The summed E-state index contributed by atoms with van der Waals surface area (Å²) >= 11 is 0. The van der Waals surface area contributed by atoms with E-state index in [4.69, 9.17) is 4.74 Å². The van der Waals surface area contributed by atoms with Gasteiger partial charge in [-0.1, -0.05) is 12.2 Å². The highest BCUT2D eigenvalue weighted by molar-refractivity contribution is 4.96. The normalized spacial score (nSPS) is 19.1. The second-order valence-electron chi connectivity index (χ2n) is 4.50. The van der Waals surface area contributed by atoms with Gasteiger partial charge in [-0.2, -0.15) is 0 Å². The van der Waals surface area contributed by atoms with E-state index in [1.807, 2.05) is 0 Å². The van der Waals surface area contributed by atoms with Crippen molar-refractivity contribution in [1.82, 2.24) is 4.90 Å². The van der Waals surface area contributed by atoms with Crippen LogP contribution >= 0.6 is 0 Å².